The van der Waals surface area contributed by atoms with Gasteiger partial charge in [0.25, 0.3) is 11.8 Å². The standard InChI is InChI=1S/C28H26BrN5O4.C2HF3O2/c29-23-3-1-2-22-21(23)11-13-34(24(22)25(35)32-20-8-6-17(7-9-20)27(37)38)26(36)18-5-4-16-10-12-33(28(30)31)15-19(16)14-18;3-2(4,5)1(6)7/h1-9,14,24H,10-13,15H2,(H3,30,31)(H,32,35)(H,37,38);(H,6,7). The van der Waals surface area contributed by atoms with E-state index in [0.717, 1.165) is 33.1 Å². The van der Waals surface area contributed by atoms with Gasteiger partial charge in [-0.1, -0.05) is 34.1 Å². The Morgan fingerprint density at radius 3 is 2.18 bits per heavy atom. The van der Waals surface area contributed by atoms with Gasteiger partial charge in [-0.15, -0.1) is 0 Å². The number of anilines is 1. The normalized spacial score (nSPS) is 15.5. The van der Waals surface area contributed by atoms with Gasteiger partial charge in [0.2, 0.25) is 0 Å². The van der Waals surface area contributed by atoms with E-state index in [1.54, 1.807) is 15.9 Å². The van der Waals surface area contributed by atoms with E-state index >= 15 is 0 Å². The van der Waals surface area contributed by atoms with Crippen LogP contribution in [0.15, 0.2) is 65.1 Å². The van der Waals surface area contributed by atoms with Gasteiger partial charge in [0.15, 0.2) is 5.96 Å². The van der Waals surface area contributed by atoms with E-state index < -0.39 is 24.2 Å². The zero-order valence-electron chi connectivity index (χ0n) is 23.4. The number of nitrogens with two attached hydrogens (primary N) is 1. The molecule has 5 rings (SSSR count). The van der Waals surface area contributed by atoms with Gasteiger partial charge >= 0.3 is 18.1 Å². The molecule has 0 fully saturated rings. The number of fused-ring (bicyclic) bond motifs is 2. The van der Waals surface area contributed by atoms with Crippen LogP contribution >= 0.6 is 15.9 Å². The first-order valence-electron chi connectivity index (χ1n) is 13.4. The number of hydrogen-bond acceptors (Lipinski definition) is 5. The summed E-state index contributed by atoms with van der Waals surface area (Å²) in [4.78, 5) is 51.0. The third kappa shape index (κ3) is 7.60. The van der Waals surface area contributed by atoms with Crippen molar-refractivity contribution in [2.75, 3.05) is 18.4 Å². The van der Waals surface area contributed by atoms with Gasteiger partial charge in [-0.3, -0.25) is 15.0 Å². The Kier molecular flexibility index (Phi) is 9.81. The van der Waals surface area contributed by atoms with Crippen molar-refractivity contribution < 1.29 is 42.6 Å². The van der Waals surface area contributed by atoms with Crippen LogP contribution in [0.4, 0.5) is 18.9 Å². The summed E-state index contributed by atoms with van der Waals surface area (Å²) in [6.45, 7) is 1.46. The number of nitrogens with zero attached hydrogens (tertiary/aromatic N) is 2. The largest absolute Gasteiger partial charge is 0.490 e. The number of carboxylic acids is 2. The van der Waals surface area contributed by atoms with Crippen LogP contribution < -0.4 is 11.1 Å². The molecule has 6 N–H and O–H groups in total. The number of carbonyl (C=O) groups is 4. The molecular weight excluding hydrogens is 663 g/mol. The zero-order chi connectivity index (χ0) is 33.1. The molecule has 0 saturated carbocycles. The van der Waals surface area contributed by atoms with Crippen LogP contribution in [0.5, 0.6) is 0 Å². The number of rotatable bonds is 4. The summed E-state index contributed by atoms with van der Waals surface area (Å²) >= 11 is 3.58. The molecule has 15 heteroatoms. The van der Waals surface area contributed by atoms with E-state index in [1.807, 2.05) is 30.3 Å². The van der Waals surface area contributed by atoms with Crippen LogP contribution in [0.3, 0.4) is 0 Å². The molecule has 3 aromatic rings. The molecular formula is C30H27BrF3N5O6. The second kappa shape index (κ2) is 13.4. The van der Waals surface area contributed by atoms with Crippen molar-refractivity contribution in [2.45, 2.75) is 31.6 Å². The number of benzene rings is 3. The van der Waals surface area contributed by atoms with Crippen molar-refractivity contribution in [2.24, 2.45) is 5.73 Å². The third-order valence-corrected chi connectivity index (χ3v) is 8.06. The smallest absolute Gasteiger partial charge is 0.478 e. The average Bonchev–Trinajstić information content (AvgIpc) is 2.99. The second-order valence-electron chi connectivity index (χ2n) is 10.2. The van der Waals surface area contributed by atoms with Crippen molar-refractivity contribution in [3.8, 4) is 0 Å². The van der Waals surface area contributed by atoms with E-state index in [9.17, 15) is 27.6 Å². The lowest BCUT2D eigenvalue weighted by atomic mass is 9.90. The summed E-state index contributed by atoms with van der Waals surface area (Å²) in [5.41, 5.74) is 10.5. The topological polar surface area (TPSA) is 177 Å². The first kappa shape index (κ1) is 33.0. The highest BCUT2D eigenvalue weighted by Crippen LogP contribution is 2.36. The van der Waals surface area contributed by atoms with Gasteiger partial charge in [0.05, 0.1) is 5.56 Å². The molecule has 2 aliphatic heterocycles. The summed E-state index contributed by atoms with van der Waals surface area (Å²) in [6, 6.07) is 16.2. The maximum Gasteiger partial charge on any atom is 0.490 e. The van der Waals surface area contributed by atoms with Gasteiger partial charge in [-0.2, -0.15) is 13.2 Å². The number of halogens is 4. The minimum Gasteiger partial charge on any atom is -0.478 e. The molecule has 1 atom stereocenters. The Hall–Kier alpha value is -4.92. The lowest BCUT2D eigenvalue weighted by Gasteiger charge is -2.37. The molecule has 0 saturated heterocycles. The number of amides is 2. The highest BCUT2D eigenvalue weighted by Gasteiger charge is 2.39. The minimum absolute atomic E-state index is 0.00119. The highest BCUT2D eigenvalue weighted by atomic mass is 79.9. The first-order chi connectivity index (χ1) is 21.2. The lowest BCUT2D eigenvalue weighted by molar-refractivity contribution is -0.192. The summed E-state index contributed by atoms with van der Waals surface area (Å²) in [5.74, 6) is -4.46. The predicted molar refractivity (Wildman–Crippen MR) is 160 cm³/mol. The Morgan fingerprint density at radius 1 is 0.933 bits per heavy atom. The van der Waals surface area contributed by atoms with Crippen LogP contribution in [0.25, 0.3) is 0 Å². The molecule has 1 unspecified atom stereocenters. The molecule has 2 heterocycles. The number of nitrogens with one attached hydrogen (secondary N) is 2. The lowest BCUT2D eigenvalue weighted by Crippen LogP contribution is -2.45. The Bertz CT molecular complexity index is 1660. The molecule has 2 aliphatic rings. The van der Waals surface area contributed by atoms with Gasteiger partial charge in [-0.05, 0) is 77.6 Å². The molecule has 0 bridgehead atoms. The number of carbonyl (C=O) groups excluding carboxylic acids is 2. The molecule has 0 aliphatic carbocycles. The number of carboxylic acid groups (broad SMARTS) is 2. The Morgan fingerprint density at radius 2 is 1.58 bits per heavy atom. The van der Waals surface area contributed by atoms with E-state index in [-0.39, 0.29) is 23.3 Å². The maximum atomic E-state index is 13.9. The van der Waals surface area contributed by atoms with Crippen molar-refractivity contribution >= 4 is 51.3 Å². The van der Waals surface area contributed by atoms with Gasteiger partial charge in [-0.25, -0.2) is 9.59 Å². The third-order valence-electron chi connectivity index (χ3n) is 7.32. The monoisotopic (exact) mass is 689 g/mol. The van der Waals surface area contributed by atoms with Crippen molar-refractivity contribution in [1.29, 1.82) is 5.41 Å². The number of guanidine groups is 1. The summed E-state index contributed by atoms with van der Waals surface area (Å²) in [7, 11) is 0. The van der Waals surface area contributed by atoms with Gasteiger partial charge < -0.3 is 31.1 Å². The van der Waals surface area contributed by atoms with Crippen LogP contribution in [0.1, 0.15) is 49.0 Å². The molecule has 45 heavy (non-hydrogen) atoms. The van der Waals surface area contributed by atoms with Gasteiger partial charge in [0.1, 0.15) is 6.04 Å². The Labute approximate surface area is 263 Å². The van der Waals surface area contributed by atoms with Crippen molar-refractivity contribution in [3.05, 3.63) is 98.5 Å². The molecule has 3 aromatic carbocycles. The fourth-order valence-electron chi connectivity index (χ4n) is 5.09. The molecule has 11 nitrogen and oxygen atoms in total. The predicted octanol–water partition coefficient (Wildman–Crippen LogP) is 4.41. The quantitative estimate of drug-likeness (QED) is 0.198. The van der Waals surface area contributed by atoms with E-state index in [1.165, 1.54) is 24.3 Å². The van der Waals surface area contributed by atoms with Gasteiger partial charge in [0, 0.05) is 35.4 Å². The van der Waals surface area contributed by atoms with E-state index in [4.69, 9.17) is 26.2 Å². The number of aromatic carboxylic acids is 1. The van der Waals surface area contributed by atoms with Crippen LogP contribution in [0, 0.1) is 5.41 Å². The number of hydrogen-bond donors (Lipinski definition) is 5. The molecule has 0 aromatic heterocycles. The van der Waals surface area contributed by atoms with Crippen LogP contribution in [0.2, 0.25) is 0 Å². The molecule has 0 radical (unpaired) electrons. The van der Waals surface area contributed by atoms with E-state index in [0.29, 0.717) is 37.3 Å². The van der Waals surface area contributed by atoms with E-state index in [2.05, 4.69) is 21.2 Å². The molecule has 236 valence electrons. The highest BCUT2D eigenvalue weighted by molar-refractivity contribution is 9.10. The summed E-state index contributed by atoms with van der Waals surface area (Å²) < 4.78 is 32.6. The summed E-state index contributed by atoms with van der Waals surface area (Å²) in [6.07, 6.45) is -3.76. The van der Waals surface area contributed by atoms with Crippen LogP contribution in [-0.2, 0) is 29.0 Å². The number of aliphatic carboxylic acids is 1. The van der Waals surface area contributed by atoms with Crippen LogP contribution in [-0.4, -0.2) is 69.0 Å². The van der Waals surface area contributed by atoms with Crippen molar-refractivity contribution in [3.63, 3.8) is 0 Å². The Balaban J connectivity index is 0.000000591. The SMILES string of the molecule is N=C(N)N1CCc2ccc(C(=O)N3CCc4c(Br)cccc4C3C(=O)Nc3ccc(C(=O)O)cc3)cc2C1.O=C(O)C(F)(F)F. The molecule has 0 spiro atoms. The summed E-state index contributed by atoms with van der Waals surface area (Å²) in [5, 5.41) is 26.9. The number of alkyl halides is 3. The molecule has 2 amide bonds. The fraction of sp³-hybridized carbons (Fsp3) is 0.233. The average molecular weight is 690 g/mol. The first-order valence-corrected chi connectivity index (χ1v) is 14.2. The fourth-order valence-corrected chi connectivity index (χ4v) is 5.67. The zero-order valence-corrected chi connectivity index (χ0v) is 25.0. The second-order valence-corrected chi connectivity index (χ2v) is 11.0. The minimum atomic E-state index is -5.08. The van der Waals surface area contributed by atoms with Crippen molar-refractivity contribution in [1.82, 2.24) is 9.80 Å². The maximum absolute atomic E-state index is 13.9.